The number of carbonyl (C=O) groups is 1. The number of rotatable bonds is 11. The van der Waals surface area contributed by atoms with E-state index in [2.05, 4.69) is 23.8 Å². The summed E-state index contributed by atoms with van der Waals surface area (Å²) in [7, 11) is 1.45. The quantitative estimate of drug-likeness (QED) is 0.299. The Kier molecular flexibility index (Phi) is 12.7. The minimum atomic E-state index is -0.0826. The van der Waals surface area contributed by atoms with Crippen LogP contribution in [0.5, 0.6) is 0 Å². The lowest BCUT2D eigenvalue weighted by atomic mass is 10.1. The Morgan fingerprint density at radius 3 is 2.12 bits per heavy atom. The van der Waals surface area contributed by atoms with Gasteiger partial charge in [0.05, 0.1) is 7.11 Å². The van der Waals surface area contributed by atoms with E-state index in [4.69, 9.17) is 0 Å². The third kappa shape index (κ3) is 13.1. The van der Waals surface area contributed by atoms with E-state index in [0.717, 1.165) is 12.8 Å². The summed E-state index contributed by atoms with van der Waals surface area (Å²) in [5, 5.41) is 0. The molecule has 0 amide bonds. The van der Waals surface area contributed by atoms with Gasteiger partial charge in [-0.25, -0.2) is 0 Å². The smallest absolute Gasteiger partial charge is 0.305 e. The van der Waals surface area contributed by atoms with Crippen LogP contribution in [0.2, 0.25) is 0 Å². The monoisotopic (exact) mass is 240 g/mol. The molecular weight excluding hydrogens is 212 g/mol. The topological polar surface area (TPSA) is 26.3 Å². The summed E-state index contributed by atoms with van der Waals surface area (Å²) in [5.74, 6) is -0.0826. The molecule has 0 heterocycles. The summed E-state index contributed by atoms with van der Waals surface area (Å²) in [6.07, 6.45) is 16.1. The molecule has 0 aliphatic heterocycles. The van der Waals surface area contributed by atoms with E-state index in [1.807, 2.05) is 0 Å². The second-order valence-electron chi connectivity index (χ2n) is 4.50. The number of methoxy groups -OCH3 is 1. The number of allylic oxidation sites excluding steroid dienone is 2. The van der Waals surface area contributed by atoms with Crippen molar-refractivity contribution >= 4 is 5.97 Å². The predicted molar refractivity (Wildman–Crippen MR) is 73.0 cm³/mol. The van der Waals surface area contributed by atoms with Crippen molar-refractivity contribution < 1.29 is 9.53 Å². The van der Waals surface area contributed by atoms with Crippen molar-refractivity contribution in [3.63, 3.8) is 0 Å². The Morgan fingerprint density at radius 2 is 1.53 bits per heavy atom. The fraction of sp³-hybridized carbons (Fsp3) is 0.800. The normalized spacial score (nSPS) is 10.9. The van der Waals surface area contributed by atoms with Crippen molar-refractivity contribution in [3.05, 3.63) is 12.2 Å². The molecule has 100 valence electrons. The van der Waals surface area contributed by atoms with Crippen LogP contribution in [0.3, 0.4) is 0 Å². The standard InChI is InChI=1S/C15H28O2/c1-3-4-5-6-7-8-9-10-11-12-13-14-15(16)17-2/h7-8H,3-6,9-14H2,1-2H3. The molecule has 0 aromatic carbocycles. The molecule has 17 heavy (non-hydrogen) atoms. The van der Waals surface area contributed by atoms with Crippen molar-refractivity contribution in [1.29, 1.82) is 0 Å². The molecule has 2 heteroatoms. The lowest BCUT2D eigenvalue weighted by Gasteiger charge is -1.99. The molecule has 0 aliphatic carbocycles. The maximum atomic E-state index is 10.8. The molecule has 0 spiro atoms. The highest BCUT2D eigenvalue weighted by Gasteiger charge is 1.98. The summed E-state index contributed by atoms with van der Waals surface area (Å²) in [6, 6.07) is 0. The van der Waals surface area contributed by atoms with Crippen LogP contribution in [-0.4, -0.2) is 13.1 Å². The van der Waals surface area contributed by atoms with Gasteiger partial charge >= 0.3 is 5.97 Å². The van der Waals surface area contributed by atoms with E-state index in [1.165, 1.54) is 52.1 Å². The molecule has 0 saturated carbocycles. The largest absolute Gasteiger partial charge is 0.469 e. The maximum Gasteiger partial charge on any atom is 0.305 e. The van der Waals surface area contributed by atoms with Gasteiger partial charge in [-0.15, -0.1) is 0 Å². The number of ether oxygens (including phenoxy) is 1. The van der Waals surface area contributed by atoms with Crippen molar-refractivity contribution in [2.75, 3.05) is 7.11 Å². The fourth-order valence-corrected chi connectivity index (χ4v) is 1.74. The minimum Gasteiger partial charge on any atom is -0.469 e. The van der Waals surface area contributed by atoms with E-state index < -0.39 is 0 Å². The number of esters is 1. The zero-order chi connectivity index (χ0) is 12.8. The highest BCUT2D eigenvalue weighted by Crippen LogP contribution is 2.07. The Labute approximate surface area is 106 Å². The zero-order valence-electron chi connectivity index (χ0n) is 11.5. The fourth-order valence-electron chi connectivity index (χ4n) is 1.74. The highest BCUT2D eigenvalue weighted by molar-refractivity contribution is 5.68. The Morgan fingerprint density at radius 1 is 0.941 bits per heavy atom. The number of unbranched alkanes of at least 4 members (excludes halogenated alkanes) is 7. The molecule has 0 atom stereocenters. The Balaban J connectivity index is 3.10. The third-order valence-electron chi connectivity index (χ3n) is 2.87. The first-order valence-electron chi connectivity index (χ1n) is 7.03. The zero-order valence-corrected chi connectivity index (χ0v) is 11.5. The van der Waals surface area contributed by atoms with Crippen LogP contribution in [0, 0.1) is 0 Å². The van der Waals surface area contributed by atoms with E-state index in [1.54, 1.807) is 0 Å². The summed E-state index contributed by atoms with van der Waals surface area (Å²) in [6.45, 7) is 2.23. The summed E-state index contributed by atoms with van der Waals surface area (Å²) >= 11 is 0. The van der Waals surface area contributed by atoms with Gasteiger partial charge < -0.3 is 4.74 Å². The number of hydrogen-bond acceptors (Lipinski definition) is 2. The first kappa shape index (κ1) is 16.2. The molecule has 2 nitrogen and oxygen atoms in total. The van der Waals surface area contributed by atoms with Crippen LogP contribution >= 0.6 is 0 Å². The van der Waals surface area contributed by atoms with Crippen LogP contribution in [0.25, 0.3) is 0 Å². The van der Waals surface area contributed by atoms with Gasteiger partial charge in [-0.2, -0.15) is 0 Å². The summed E-state index contributed by atoms with van der Waals surface area (Å²) in [5.41, 5.74) is 0. The first-order chi connectivity index (χ1) is 8.31. The van der Waals surface area contributed by atoms with Crippen LogP contribution < -0.4 is 0 Å². The molecule has 0 bridgehead atoms. The van der Waals surface area contributed by atoms with Gasteiger partial charge in [-0.3, -0.25) is 4.79 Å². The number of carbonyl (C=O) groups excluding carboxylic acids is 1. The van der Waals surface area contributed by atoms with Gasteiger partial charge in [-0.05, 0) is 32.1 Å². The molecule has 0 rings (SSSR count). The van der Waals surface area contributed by atoms with E-state index in [-0.39, 0.29) is 5.97 Å². The van der Waals surface area contributed by atoms with Gasteiger partial charge in [0.2, 0.25) is 0 Å². The molecule has 0 fully saturated rings. The SMILES string of the molecule is CCCCCC=CCCCCCCC(=O)OC. The maximum absolute atomic E-state index is 10.8. The molecule has 0 unspecified atom stereocenters. The second-order valence-corrected chi connectivity index (χ2v) is 4.50. The highest BCUT2D eigenvalue weighted by atomic mass is 16.5. The van der Waals surface area contributed by atoms with E-state index >= 15 is 0 Å². The predicted octanol–water partition coefficient (Wildman–Crippen LogP) is 4.64. The third-order valence-corrected chi connectivity index (χ3v) is 2.87. The van der Waals surface area contributed by atoms with Gasteiger partial charge in [0.1, 0.15) is 0 Å². The van der Waals surface area contributed by atoms with Crippen LogP contribution in [0.4, 0.5) is 0 Å². The molecule has 0 radical (unpaired) electrons. The first-order valence-corrected chi connectivity index (χ1v) is 7.03. The van der Waals surface area contributed by atoms with Crippen molar-refractivity contribution in [2.24, 2.45) is 0 Å². The Hall–Kier alpha value is -0.790. The van der Waals surface area contributed by atoms with Crippen molar-refractivity contribution in [1.82, 2.24) is 0 Å². The minimum absolute atomic E-state index is 0.0826. The molecule has 0 N–H and O–H groups in total. The summed E-state index contributed by atoms with van der Waals surface area (Å²) < 4.78 is 4.59. The molecule has 0 aromatic heterocycles. The average Bonchev–Trinajstić information content (AvgIpc) is 2.35. The molecule has 0 saturated heterocycles. The van der Waals surface area contributed by atoms with Crippen LogP contribution in [-0.2, 0) is 9.53 Å². The van der Waals surface area contributed by atoms with E-state index in [0.29, 0.717) is 6.42 Å². The lowest BCUT2D eigenvalue weighted by molar-refractivity contribution is -0.140. The van der Waals surface area contributed by atoms with Crippen molar-refractivity contribution in [3.8, 4) is 0 Å². The lowest BCUT2D eigenvalue weighted by Crippen LogP contribution is -1.98. The van der Waals surface area contributed by atoms with E-state index in [9.17, 15) is 4.79 Å². The van der Waals surface area contributed by atoms with Crippen LogP contribution in [0.15, 0.2) is 12.2 Å². The van der Waals surface area contributed by atoms with Gasteiger partial charge in [-0.1, -0.05) is 44.8 Å². The molecule has 0 aliphatic rings. The summed E-state index contributed by atoms with van der Waals surface area (Å²) in [4.78, 5) is 10.8. The van der Waals surface area contributed by atoms with Gasteiger partial charge in [0.15, 0.2) is 0 Å². The molecule has 0 aromatic rings. The van der Waals surface area contributed by atoms with Gasteiger partial charge in [0, 0.05) is 6.42 Å². The second kappa shape index (κ2) is 13.3. The van der Waals surface area contributed by atoms with Crippen molar-refractivity contribution in [2.45, 2.75) is 71.1 Å². The molecular formula is C15H28O2. The number of hydrogen-bond donors (Lipinski definition) is 0. The van der Waals surface area contributed by atoms with Crippen LogP contribution in [0.1, 0.15) is 71.1 Å². The average molecular weight is 240 g/mol. The van der Waals surface area contributed by atoms with Gasteiger partial charge in [0.25, 0.3) is 0 Å². The Bertz CT molecular complexity index is 197.